The van der Waals surface area contributed by atoms with Crippen molar-refractivity contribution in [1.29, 1.82) is 0 Å². The molecule has 1 aliphatic carbocycles. The van der Waals surface area contributed by atoms with Gasteiger partial charge in [-0.3, -0.25) is 9.78 Å². The Morgan fingerprint density at radius 1 is 1.42 bits per heavy atom. The lowest BCUT2D eigenvalue weighted by molar-refractivity contribution is -0.174. The predicted molar refractivity (Wildman–Crippen MR) is 67.6 cm³/mol. The van der Waals surface area contributed by atoms with E-state index in [1.165, 1.54) is 4.90 Å². The van der Waals surface area contributed by atoms with Crippen LogP contribution in [-0.4, -0.2) is 38.4 Å². The molecule has 0 radical (unpaired) electrons. The Morgan fingerprint density at radius 3 is 2.84 bits per heavy atom. The van der Waals surface area contributed by atoms with E-state index < -0.39 is 11.5 Å². The van der Waals surface area contributed by atoms with E-state index in [-0.39, 0.29) is 11.9 Å². The number of fused-ring (bicyclic) bond motifs is 2. The van der Waals surface area contributed by atoms with Crippen LogP contribution in [-0.2, 0) is 4.79 Å². The number of hydrogen-bond donors (Lipinski definition) is 1. The number of rotatable bonds is 2. The van der Waals surface area contributed by atoms with Crippen LogP contribution in [0.4, 0.5) is 0 Å². The third-order valence-corrected chi connectivity index (χ3v) is 4.26. The van der Waals surface area contributed by atoms with Crippen LogP contribution in [0.3, 0.4) is 0 Å². The van der Waals surface area contributed by atoms with Gasteiger partial charge >= 0.3 is 5.97 Å². The van der Waals surface area contributed by atoms with Gasteiger partial charge in [-0.1, -0.05) is 13.0 Å². The molecule has 19 heavy (non-hydrogen) atoms. The van der Waals surface area contributed by atoms with Crippen molar-refractivity contribution in [2.75, 3.05) is 0 Å². The first kappa shape index (κ1) is 12.1. The van der Waals surface area contributed by atoms with Crippen LogP contribution in [0.15, 0.2) is 24.4 Å². The second-order valence-electron chi connectivity index (χ2n) is 5.63. The SMILES string of the molecule is C[C@@H]1CC2CC(C(=O)O)(C1)N2C(=O)c1ccccn1. The fraction of sp³-hybridized carbons (Fsp3) is 0.500. The molecule has 100 valence electrons. The molecule has 3 fully saturated rings. The third-order valence-electron chi connectivity index (χ3n) is 4.26. The minimum atomic E-state index is -1.00. The Hall–Kier alpha value is -1.91. The van der Waals surface area contributed by atoms with Crippen LogP contribution in [0.2, 0.25) is 0 Å². The lowest BCUT2D eigenvalue weighted by atomic mass is 9.64. The highest BCUT2D eigenvalue weighted by molar-refractivity contribution is 5.98. The number of carboxylic acids is 1. The summed E-state index contributed by atoms with van der Waals surface area (Å²) < 4.78 is 0. The summed E-state index contributed by atoms with van der Waals surface area (Å²) in [6, 6.07) is 5.17. The Balaban J connectivity index is 1.93. The molecular formula is C14H16N2O3. The van der Waals surface area contributed by atoms with E-state index in [9.17, 15) is 14.7 Å². The van der Waals surface area contributed by atoms with Gasteiger partial charge in [0.05, 0.1) is 0 Å². The summed E-state index contributed by atoms with van der Waals surface area (Å²) in [5.41, 5.74) is -0.677. The molecule has 3 heterocycles. The van der Waals surface area contributed by atoms with Crippen LogP contribution in [0.1, 0.15) is 36.7 Å². The lowest BCUT2D eigenvalue weighted by Crippen LogP contribution is -2.74. The van der Waals surface area contributed by atoms with E-state index in [0.29, 0.717) is 24.5 Å². The van der Waals surface area contributed by atoms with Gasteiger partial charge in [-0.05, 0) is 30.9 Å². The average molecular weight is 260 g/mol. The maximum absolute atomic E-state index is 12.5. The fourth-order valence-corrected chi connectivity index (χ4v) is 3.56. The van der Waals surface area contributed by atoms with Crippen molar-refractivity contribution >= 4 is 11.9 Å². The zero-order chi connectivity index (χ0) is 13.6. The number of hydrogen-bond acceptors (Lipinski definition) is 3. The zero-order valence-electron chi connectivity index (χ0n) is 10.7. The van der Waals surface area contributed by atoms with Crippen molar-refractivity contribution in [2.45, 2.75) is 37.8 Å². The van der Waals surface area contributed by atoms with Crippen molar-refractivity contribution in [3.63, 3.8) is 0 Å². The second kappa shape index (κ2) is 4.05. The molecule has 2 saturated heterocycles. The maximum Gasteiger partial charge on any atom is 0.329 e. The molecule has 1 aromatic heterocycles. The number of nitrogens with zero attached hydrogens (tertiary/aromatic N) is 2. The average Bonchev–Trinajstić information content (AvgIpc) is 2.38. The van der Waals surface area contributed by atoms with Crippen LogP contribution in [0.5, 0.6) is 0 Å². The van der Waals surface area contributed by atoms with Gasteiger partial charge in [0, 0.05) is 18.7 Å². The van der Waals surface area contributed by atoms with E-state index in [1.807, 2.05) is 6.92 Å². The monoisotopic (exact) mass is 260 g/mol. The van der Waals surface area contributed by atoms with Crippen molar-refractivity contribution in [3.05, 3.63) is 30.1 Å². The Labute approximate surface area is 111 Å². The zero-order valence-corrected chi connectivity index (χ0v) is 10.7. The van der Waals surface area contributed by atoms with Crippen molar-refractivity contribution in [1.82, 2.24) is 9.88 Å². The summed E-state index contributed by atoms with van der Waals surface area (Å²) in [4.78, 5) is 29.6. The molecule has 4 rings (SSSR count). The Kier molecular flexibility index (Phi) is 2.59. The van der Waals surface area contributed by atoms with Gasteiger partial charge in [0.15, 0.2) is 0 Å². The first-order chi connectivity index (χ1) is 9.04. The molecule has 1 amide bonds. The summed E-state index contributed by atoms with van der Waals surface area (Å²) >= 11 is 0. The topological polar surface area (TPSA) is 70.5 Å². The van der Waals surface area contributed by atoms with Crippen LogP contribution in [0, 0.1) is 5.92 Å². The van der Waals surface area contributed by atoms with E-state index in [0.717, 1.165) is 6.42 Å². The van der Waals surface area contributed by atoms with Gasteiger partial charge in [0.1, 0.15) is 11.2 Å². The minimum Gasteiger partial charge on any atom is -0.479 e. The molecule has 1 N–H and O–H groups in total. The summed E-state index contributed by atoms with van der Waals surface area (Å²) in [5, 5.41) is 9.51. The molecule has 1 aromatic rings. The quantitative estimate of drug-likeness (QED) is 0.875. The van der Waals surface area contributed by atoms with Gasteiger partial charge in [-0.2, -0.15) is 0 Å². The van der Waals surface area contributed by atoms with Gasteiger partial charge in [-0.25, -0.2) is 4.79 Å². The molecule has 3 aliphatic rings. The second-order valence-corrected chi connectivity index (χ2v) is 5.63. The number of aliphatic carboxylic acids is 1. The van der Waals surface area contributed by atoms with Crippen LogP contribution in [0.25, 0.3) is 0 Å². The summed E-state index contributed by atoms with van der Waals surface area (Å²) in [6.45, 7) is 2.05. The molecule has 0 spiro atoms. The number of amides is 1. The smallest absolute Gasteiger partial charge is 0.329 e. The normalized spacial score (nSPS) is 32.6. The Morgan fingerprint density at radius 2 is 2.21 bits per heavy atom. The molecule has 2 bridgehead atoms. The minimum absolute atomic E-state index is 0.0503. The molecule has 2 aliphatic heterocycles. The first-order valence-electron chi connectivity index (χ1n) is 6.53. The Bertz CT molecular complexity index is 531. The standard InChI is InChI=1S/C14H16N2O3/c1-9-6-10-8-14(7-9,13(18)19)16(10)12(17)11-4-2-3-5-15-11/h2-5,9-10H,6-8H2,1H3,(H,18,19)/t9-,10?,14?/m1/s1. The van der Waals surface area contributed by atoms with E-state index in [1.54, 1.807) is 24.4 Å². The lowest BCUT2D eigenvalue weighted by Gasteiger charge is -2.60. The summed E-state index contributed by atoms with van der Waals surface area (Å²) in [6.07, 6.45) is 3.55. The highest BCUT2D eigenvalue weighted by Gasteiger charge is 2.63. The number of carbonyl (C=O) groups excluding carboxylic acids is 1. The summed E-state index contributed by atoms with van der Waals surface area (Å²) in [5.74, 6) is -0.798. The third kappa shape index (κ3) is 1.64. The number of piperidine rings is 1. The van der Waals surface area contributed by atoms with Gasteiger partial charge in [-0.15, -0.1) is 0 Å². The molecule has 5 heteroatoms. The van der Waals surface area contributed by atoms with Crippen LogP contribution >= 0.6 is 0 Å². The summed E-state index contributed by atoms with van der Waals surface area (Å²) in [7, 11) is 0. The number of aromatic nitrogens is 1. The highest BCUT2D eigenvalue weighted by atomic mass is 16.4. The molecule has 2 unspecified atom stereocenters. The van der Waals surface area contributed by atoms with E-state index >= 15 is 0 Å². The van der Waals surface area contributed by atoms with E-state index in [4.69, 9.17) is 0 Å². The van der Waals surface area contributed by atoms with Crippen molar-refractivity contribution in [2.24, 2.45) is 5.92 Å². The maximum atomic E-state index is 12.5. The van der Waals surface area contributed by atoms with E-state index in [2.05, 4.69) is 4.98 Å². The van der Waals surface area contributed by atoms with Gasteiger partial charge in [0.2, 0.25) is 0 Å². The highest BCUT2D eigenvalue weighted by Crippen LogP contribution is 2.50. The van der Waals surface area contributed by atoms with Crippen molar-refractivity contribution < 1.29 is 14.7 Å². The van der Waals surface area contributed by atoms with Gasteiger partial charge < -0.3 is 10.0 Å². The first-order valence-corrected chi connectivity index (χ1v) is 6.53. The molecule has 3 atom stereocenters. The number of carbonyl (C=O) groups is 2. The molecule has 0 aromatic carbocycles. The fourth-order valence-electron chi connectivity index (χ4n) is 3.56. The van der Waals surface area contributed by atoms with Crippen LogP contribution < -0.4 is 0 Å². The number of carboxylic acid groups (broad SMARTS) is 1. The largest absolute Gasteiger partial charge is 0.479 e. The number of pyridine rings is 1. The molecular weight excluding hydrogens is 244 g/mol. The van der Waals surface area contributed by atoms with Gasteiger partial charge in [0.25, 0.3) is 5.91 Å². The molecule has 1 saturated carbocycles. The predicted octanol–water partition coefficient (Wildman–Crippen LogP) is 1.55. The molecule has 5 nitrogen and oxygen atoms in total. The van der Waals surface area contributed by atoms with Crippen molar-refractivity contribution in [3.8, 4) is 0 Å².